The molecule has 92 valence electrons. The van der Waals surface area contributed by atoms with Crippen LogP contribution in [-0.2, 0) is 11.2 Å². The van der Waals surface area contributed by atoms with Crippen molar-refractivity contribution in [1.29, 1.82) is 0 Å². The molecule has 1 atom stereocenters. The zero-order chi connectivity index (χ0) is 12.4. The Bertz CT molecular complexity index is 431. The summed E-state index contributed by atoms with van der Waals surface area (Å²) in [5.41, 5.74) is 7.53. The number of benzene rings is 1. The molecule has 2 rings (SSSR count). The van der Waals surface area contributed by atoms with Crippen LogP contribution in [0, 0.1) is 0 Å². The minimum atomic E-state index is -0.440. The summed E-state index contributed by atoms with van der Waals surface area (Å²) in [6, 6.07) is 5.97. The van der Waals surface area contributed by atoms with Crippen LogP contribution in [0.2, 0.25) is 0 Å². The molecule has 0 spiro atoms. The number of amides is 1. The Balaban J connectivity index is 2.34. The van der Waals surface area contributed by atoms with Gasteiger partial charge in [-0.2, -0.15) is 0 Å². The Kier molecular flexibility index (Phi) is 3.33. The van der Waals surface area contributed by atoms with E-state index in [0.29, 0.717) is 13.0 Å². The van der Waals surface area contributed by atoms with Crippen molar-refractivity contribution in [1.82, 2.24) is 0 Å². The number of fused-ring (bicyclic) bond motifs is 1. The van der Waals surface area contributed by atoms with E-state index in [4.69, 9.17) is 10.5 Å². The van der Waals surface area contributed by atoms with Crippen molar-refractivity contribution in [2.45, 2.75) is 25.9 Å². The average Bonchev–Trinajstić information content (AvgIpc) is 2.35. The van der Waals surface area contributed by atoms with Gasteiger partial charge < -0.3 is 15.4 Å². The van der Waals surface area contributed by atoms with Crippen LogP contribution in [-0.4, -0.2) is 25.6 Å². The summed E-state index contributed by atoms with van der Waals surface area (Å²) in [6.45, 7) is 2.54. The fraction of sp³-hybridized carbons (Fsp3) is 0.462. The van der Waals surface area contributed by atoms with Crippen molar-refractivity contribution in [3.63, 3.8) is 0 Å². The number of rotatable bonds is 3. The van der Waals surface area contributed by atoms with Crippen LogP contribution in [0.15, 0.2) is 18.2 Å². The van der Waals surface area contributed by atoms with Crippen molar-refractivity contribution in [3.8, 4) is 5.75 Å². The fourth-order valence-electron chi connectivity index (χ4n) is 2.02. The maximum absolute atomic E-state index is 12.0. The van der Waals surface area contributed by atoms with Crippen molar-refractivity contribution in [2.75, 3.05) is 18.5 Å². The molecule has 0 fully saturated rings. The van der Waals surface area contributed by atoms with Gasteiger partial charge in [0.15, 0.2) is 6.10 Å². The first-order valence-corrected chi connectivity index (χ1v) is 5.94. The summed E-state index contributed by atoms with van der Waals surface area (Å²) in [6.07, 6.45) is 1.06. The molecule has 0 bridgehead atoms. The summed E-state index contributed by atoms with van der Waals surface area (Å²) < 4.78 is 5.68. The number of anilines is 1. The normalized spacial score (nSPS) is 18.9. The lowest BCUT2D eigenvalue weighted by molar-refractivity contribution is -0.126. The zero-order valence-electron chi connectivity index (χ0n) is 10.3. The van der Waals surface area contributed by atoms with Gasteiger partial charge in [0, 0.05) is 13.5 Å². The molecular formula is C13H18N2O2. The van der Waals surface area contributed by atoms with Gasteiger partial charge in [-0.05, 0) is 30.7 Å². The van der Waals surface area contributed by atoms with Crippen LogP contribution >= 0.6 is 0 Å². The van der Waals surface area contributed by atoms with Crippen LogP contribution in [0.25, 0.3) is 0 Å². The van der Waals surface area contributed by atoms with Gasteiger partial charge in [-0.1, -0.05) is 13.0 Å². The summed E-state index contributed by atoms with van der Waals surface area (Å²) in [5, 5.41) is 0. The van der Waals surface area contributed by atoms with Gasteiger partial charge in [-0.3, -0.25) is 4.79 Å². The number of carbonyl (C=O) groups excluding carboxylic acids is 1. The van der Waals surface area contributed by atoms with Crippen molar-refractivity contribution in [3.05, 3.63) is 23.8 Å². The second kappa shape index (κ2) is 4.75. The second-order valence-electron chi connectivity index (χ2n) is 4.24. The SMILES string of the molecule is CCc1ccc2c(c1)N(C)C(=O)C(CCN)O2. The third kappa shape index (κ3) is 2.13. The standard InChI is InChI=1S/C13H18N2O2/c1-3-9-4-5-11-10(8-9)15(2)13(16)12(17-11)6-7-14/h4-5,8,12H,3,6-7,14H2,1-2H3. The van der Waals surface area contributed by atoms with E-state index >= 15 is 0 Å². The van der Waals surface area contributed by atoms with Crippen LogP contribution in [0.3, 0.4) is 0 Å². The van der Waals surface area contributed by atoms with E-state index in [1.807, 2.05) is 18.2 Å². The number of hydrogen-bond acceptors (Lipinski definition) is 3. The highest BCUT2D eigenvalue weighted by Crippen LogP contribution is 2.34. The molecule has 0 aliphatic carbocycles. The molecule has 0 saturated heterocycles. The highest BCUT2D eigenvalue weighted by Gasteiger charge is 2.31. The Hall–Kier alpha value is -1.55. The first-order chi connectivity index (χ1) is 8.17. The van der Waals surface area contributed by atoms with Gasteiger partial charge in [0.05, 0.1) is 5.69 Å². The average molecular weight is 234 g/mol. The van der Waals surface area contributed by atoms with E-state index in [9.17, 15) is 4.79 Å². The highest BCUT2D eigenvalue weighted by atomic mass is 16.5. The summed E-state index contributed by atoms with van der Waals surface area (Å²) in [4.78, 5) is 13.7. The monoisotopic (exact) mass is 234 g/mol. The van der Waals surface area contributed by atoms with Gasteiger partial charge in [0.1, 0.15) is 5.75 Å². The van der Waals surface area contributed by atoms with E-state index in [1.54, 1.807) is 11.9 Å². The molecule has 1 amide bonds. The third-order valence-electron chi connectivity index (χ3n) is 3.10. The molecule has 17 heavy (non-hydrogen) atoms. The molecule has 0 aromatic heterocycles. The molecule has 4 nitrogen and oxygen atoms in total. The van der Waals surface area contributed by atoms with Gasteiger partial charge in [-0.25, -0.2) is 0 Å². The van der Waals surface area contributed by atoms with E-state index < -0.39 is 6.10 Å². The predicted octanol–water partition coefficient (Wildman–Crippen LogP) is 1.32. The minimum absolute atomic E-state index is 0.0174. The molecule has 1 heterocycles. The summed E-state index contributed by atoms with van der Waals surface area (Å²) in [5.74, 6) is 0.749. The molecule has 1 unspecified atom stereocenters. The number of ether oxygens (including phenoxy) is 1. The lowest BCUT2D eigenvalue weighted by Crippen LogP contribution is -2.44. The maximum atomic E-state index is 12.0. The molecule has 1 aromatic carbocycles. The van der Waals surface area contributed by atoms with E-state index in [0.717, 1.165) is 17.9 Å². The number of carbonyl (C=O) groups is 1. The molecular weight excluding hydrogens is 216 g/mol. The van der Waals surface area contributed by atoms with E-state index in [-0.39, 0.29) is 5.91 Å². The summed E-state index contributed by atoms with van der Waals surface area (Å²) >= 11 is 0. The smallest absolute Gasteiger partial charge is 0.267 e. The Morgan fingerprint density at radius 1 is 1.47 bits per heavy atom. The Morgan fingerprint density at radius 3 is 2.88 bits per heavy atom. The minimum Gasteiger partial charge on any atom is -0.478 e. The number of hydrogen-bond donors (Lipinski definition) is 1. The van der Waals surface area contributed by atoms with E-state index in [1.165, 1.54) is 5.56 Å². The van der Waals surface area contributed by atoms with Crippen molar-refractivity contribution in [2.24, 2.45) is 5.73 Å². The topological polar surface area (TPSA) is 55.6 Å². The highest BCUT2D eigenvalue weighted by molar-refractivity contribution is 5.99. The number of nitrogens with two attached hydrogens (primary N) is 1. The van der Waals surface area contributed by atoms with Crippen molar-refractivity contribution >= 4 is 11.6 Å². The van der Waals surface area contributed by atoms with Gasteiger partial charge in [-0.15, -0.1) is 0 Å². The zero-order valence-corrected chi connectivity index (χ0v) is 10.3. The molecule has 1 aromatic rings. The molecule has 1 aliphatic rings. The Morgan fingerprint density at radius 2 is 2.24 bits per heavy atom. The largest absolute Gasteiger partial charge is 0.478 e. The first kappa shape index (κ1) is 11.9. The Labute approximate surface area is 101 Å². The molecule has 0 radical (unpaired) electrons. The number of likely N-dealkylation sites (N-methyl/N-ethyl adjacent to an activating group) is 1. The van der Waals surface area contributed by atoms with Crippen LogP contribution < -0.4 is 15.4 Å². The van der Waals surface area contributed by atoms with Crippen LogP contribution in [0.5, 0.6) is 5.75 Å². The predicted molar refractivity (Wildman–Crippen MR) is 67.3 cm³/mol. The van der Waals surface area contributed by atoms with Crippen molar-refractivity contribution < 1.29 is 9.53 Å². The van der Waals surface area contributed by atoms with Crippen LogP contribution in [0.4, 0.5) is 5.69 Å². The first-order valence-electron chi connectivity index (χ1n) is 5.94. The van der Waals surface area contributed by atoms with Crippen LogP contribution in [0.1, 0.15) is 18.9 Å². The second-order valence-corrected chi connectivity index (χ2v) is 4.24. The number of aryl methyl sites for hydroxylation is 1. The van der Waals surface area contributed by atoms with Gasteiger partial charge in [0.2, 0.25) is 0 Å². The summed E-state index contributed by atoms with van der Waals surface area (Å²) in [7, 11) is 1.78. The quantitative estimate of drug-likeness (QED) is 0.858. The van der Waals surface area contributed by atoms with Gasteiger partial charge >= 0.3 is 0 Å². The maximum Gasteiger partial charge on any atom is 0.267 e. The molecule has 4 heteroatoms. The third-order valence-corrected chi connectivity index (χ3v) is 3.10. The molecule has 0 saturated carbocycles. The fourth-order valence-corrected chi connectivity index (χ4v) is 2.02. The number of nitrogens with zero attached hydrogens (tertiary/aromatic N) is 1. The van der Waals surface area contributed by atoms with Gasteiger partial charge in [0.25, 0.3) is 5.91 Å². The molecule has 2 N–H and O–H groups in total. The molecule has 1 aliphatic heterocycles. The lowest BCUT2D eigenvalue weighted by Gasteiger charge is -2.32. The van der Waals surface area contributed by atoms with E-state index in [2.05, 4.69) is 6.92 Å². The lowest BCUT2D eigenvalue weighted by atomic mass is 10.1.